The highest BCUT2D eigenvalue weighted by Gasteiger charge is 2.19. The topological polar surface area (TPSA) is 36.5 Å². The third-order valence-corrected chi connectivity index (χ3v) is 6.93. The lowest BCUT2D eigenvalue weighted by Crippen LogP contribution is -2.10. The Kier molecular flexibility index (Phi) is 5.11. The van der Waals surface area contributed by atoms with Gasteiger partial charge in [-0.05, 0) is 52.9 Å². The molecule has 0 aliphatic heterocycles. The molecule has 0 fully saturated rings. The molecule has 0 unspecified atom stereocenters. The van der Waals surface area contributed by atoms with E-state index in [1.165, 1.54) is 23.3 Å². The van der Waals surface area contributed by atoms with Gasteiger partial charge < -0.3 is 14.5 Å². The molecule has 3 heterocycles. The molecule has 3 aromatic heterocycles. The molecule has 180 valence electrons. The summed E-state index contributed by atoms with van der Waals surface area (Å²) in [6.07, 6.45) is 8.03. The first-order valence-electron chi connectivity index (χ1n) is 12.1. The van der Waals surface area contributed by atoms with Crippen LogP contribution in [0.15, 0.2) is 85.5 Å². The van der Waals surface area contributed by atoms with Crippen LogP contribution in [0.2, 0.25) is 0 Å². The van der Waals surface area contributed by atoms with E-state index < -0.39 is 0 Å². The Bertz CT molecular complexity index is 1610. The van der Waals surface area contributed by atoms with Crippen molar-refractivity contribution in [2.45, 2.75) is 32.7 Å². The van der Waals surface area contributed by atoms with Crippen LogP contribution in [-0.2, 0) is 12.0 Å². The minimum absolute atomic E-state index is 0.0988. The van der Waals surface area contributed by atoms with Gasteiger partial charge in [-0.3, -0.25) is 0 Å². The summed E-state index contributed by atoms with van der Waals surface area (Å²) in [5.41, 5.74) is 8.06. The zero-order valence-electron chi connectivity index (χ0n) is 20.5. The molecule has 3 aromatic carbocycles. The average molecular weight is 480 g/mol. The SMILES string of the molecule is CC(C)(C)c1ccc(Cn2cc(-c3c[nH]c4ccc(F)cc34)c(-c3c[nH]c4ccc(F)cc34)c2)cc1. The lowest BCUT2D eigenvalue weighted by molar-refractivity contribution is 0.590. The van der Waals surface area contributed by atoms with Gasteiger partial charge in [-0.15, -0.1) is 0 Å². The van der Waals surface area contributed by atoms with Gasteiger partial charge in [-0.1, -0.05) is 45.0 Å². The molecule has 6 aromatic rings. The van der Waals surface area contributed by atoms with Gasteiger partial charge in [0, 0.05) is 75.4 Å². The number of nitrogens with one attached hydrogen (secondary N) is 2. The van der Waals surface area contributed by atoms with Crippen LogP contribution in [-0.4, -0.2) is 14.5 Å². The van der Waals surface area contributed by atoms with Crippen molar-refractivity contribution in [1.82, 2.24) is 14.5 Å². The zero-order valence-corrected chi connectivity index (χ0v) is 20.5. The van der Waals surface area contributed by atoms with E-state index in [9.17, 15) is 8.78 Å². The van der Waals surface area contributed by atoms with E-state index >= 15 is 0 Å². The zero-order chi connectivity index (χ0) is 25.0. The molecule has 0 radical (unpaired) electrons. The maximum absolute atomic E-state index is 14.2. The summed E-state index contributed by atoms with van der Waals surface area (Å²) in [4.78, 5) is 6.54. The molecule has 36 heavy (non-hydrogen) atoms. The monoisotopic (exact) mass is 479 g/mol. The van der Waals surface area contributed by atoms with Gasteiger partial charge >= 0.3 is 0 Å². The molecule has 0 bridgehead atoms. The Labute approximate surface area is 208 Å². The van der Waals surface area contributed by atoms with Crippen LogP contribution in [0.25, 0.3) is 44.1 Å². The Hall–Kier alpha value is -4.12. The highest BCUT2D eigenvalue weighted by Crippen LogP contribution is 2.40. The molecule has 0 spiro atoms. The van der Waals surface area contributed by atoms with Crippen molar-refractivity contribution in [2.24, 2.45) is 0 Å². The summed E-state index contributed by atoms with van der Waals surface area (Å²) in [5, 5.41) is 1.63. The Morgan fingerprint density at radius 3 is 1.64 bits per heavy atom. The molecule has 0 aliphatic rings. The average Bonchev–Trinajstić information content (AvgIpc) is 3.54. The number of nitrogens with zero attached hydrogens (tertiary/aromatic N) is 1. The maximum atomic E-state index is 14.2. The Morgan fingerprint density at radius 2 is 1.17 bits per heavy atom. The number of aromatic amines is 2. The minimum atomic E-state index is -0.280. The second-order valence-electron chi connectivity index (χ2n) is 10.5. The predicted octanol–water partition coefficient (Wildman–Crippen LogP) is 8.41. The third kappa shape index (κ3) is 3.91. The molecule has 5 heteroatoms. The Balaban J connectivity index is 1.50. The number of fused-ring (bicyclic) bond motifs is 2. The second kappa shape index (κ2) is 8.23. The van der Waals surface area contributed by atoms with E-state index in [1.807, 2.05) is 12.4 Å². The summed E-state index contributed by atoms with van der Waals surface area (Å²) in [5.74, 6) is -0.560. The van der Waals surface area contributed by atoms with E-state index in [1.54, 1.807) is 24.3 Å². The highest BCUT2D eigenvalue weighted by atomic mass is 19.1. The number of rotatable bonds is 4. The van der Waals surface area contributed by atoms with Gasteiger partial charge in [-0.2, -0.15) is 0 Å². The normalized spacial score (nSPS) is 12.1. The second-order valence-corrected chi connectivity index (χ2v) is 10.5. The van der Waals surface area contributed by atoms with Crippen molar-refractivity contribution in [3.8, 4) is 22.3 Å². The van der Waals surface area contributed by atoms with Crippen LogP contribution in [0.5, 0.6) is 0 Å². The molecular weight excluding hydrogens is 452 g/mol. The maximum Gasteiger partial charge on any atom is 0.123 e. The first-order valence-corrected chi connectivity index (χ1v) is 12.1. The molecule has 0 saturated heterocycles. The molecular formula is C31H27F2N3. The van der Waals surface area contributed by atoms with Crippen LogP contribution in [0, 0.1) is 11.6 Å². The smallest absolute Gasteiger partial charge is 0.123 e. The molecule has 3 nitrogen and oxygen atoms in total. The van der Waals surface area contributed by atoms with Crippen LogP contribution >= 0.6 is 0 Å². The lowest BCUT2D eigenvalue weighted by Gasteiger charge is -2.19. The van der Waals surface area contributed by atoms with E-state index in [4.69, 9.17) is 0 Å². The van der Waals surface area contributed by atoms with Crippen molar-refractivity contribution in [1.29, 1.82) is 0 Å². The van der Waals surface area contributed by atoms with E-state index in [2.05, 4.69) is 72.0 Å². The number of halogens is 2. The third-order valence-electron chi connectivity index (χ3n) is 6.93. The van der Waals surface area contributed by atoms with Gasteiger partial charge in [-0.25, -0.2) is 8.78 Å². The summed E-state index contributed by atoms with van der Waals surface area (Å²) >= 11 is 0. The minimum Gasteiger partial charge on any atom is -0.361 e. The number of hydrogen-bond acceptors (Lipinski definition) is 0. The summed E-state index contributed by atoms with van der Waals surface area (Å²) in [7, 11) is 0. The van der Waals surface area contributed by atoms with E-state index in [-0.39, 0.29) is 17.0 Å². The Morgan fingerprint density at radius 1 is 0.667 bits per heavy atom. The molecule has 0 amide bonds. The number of aromatic nitrogens is 3. The van der Waals surface area contributed by atoms with Crippen LogP contribution in [0.4, 0.5) is 8.78 Å². The fraction of sp³-hybridized carbons (Fsp3) is 0.161. The largest absolute Gasteiger partial charge is 0.361 e. The standard InChI is InChI=1S/C31H27F2N3/c1-31(2,3)20-6-4-19(5-7-20)16-36-17-27(25-14-34-29-10-8-21(32)12-23(25)29)28(18-36)26-15-35-30-11-9-22(33)13-24(26)30/h4-15,17-18,34-35H,16H2,1-3H3. The van der Waals surface area contributed by atoms with Crippen molar-refractivity contribution in [3.63, 3.8) is 0 Å². The number of H-pyrrole nitrogens is 2. The number of hydrogen-bond donors (Lipinski definition) is 2. The predicted molar refractivity (Wildman–Crippen MR) is 143 cm³/mol. The van der Waals surface area contributed by atoms with Crippen molar-refractivity contribution in [3.05, 3.63) is 108 Å². The molecule has 0 saturated carbocycles. The van der Waals surface area contributed by atoms with Gasteiger partial charge in [0.05, 0.1) is 0 Å². The number of benzene rings is 3. The molecule has 2 N–H and O–H groups in total. The van der Waals surface area contributed by atoms with Gasteiger partial charge in [0.1, 0.15) is 11.6 Å². The quantitative estimate of drug-likeness (QED) is 0.255. The fourth-order valence-corrected chi connectivity index (χ4v) is 4.98. The first-order chi connectivity index (χ1) is 17.3. The van der Waals surface area contributed by atoms with Gasteiger partial charge in [0.2, 0.25) is 0 Å². The van der Waals surface area contributed by atoms with Crippen molar-refractivity contribution in [2.75, 3.05) is 0 Å². The van der Waals surface area contributed by atoms with Crippen molar-refractivity contribution < 1.29 is 8.78 Å². The van der Waals surface area contributed by atoms with E-state index in [0.717, 1.165) is 44.1 Å². The fourth-order valence-electron chi connectivity index (χ4n) is 4.98. The van der Waals surface area contributed by atoms with Crippen LogP contribution < -0.4 is 0 Å². The van der Waals surface area contributed by atoms with E-state index in [0.29, 0.717) is 6.54 Å². The molecule has 6 rings (SSSR count). The van der Waals surface area contributed by atoms with Gasteiger partial charge in [0.15, 0.2) is 0 Å². The first kappa shape index (κ1) is 22.4. The highest BCUT2D eigenvalue weighted by molar-refractivity contribution is 6.04. The molecule has 0 atom stereocenters. The van der Waals surface area contributed by atoms with Gasteiger partial charge in [0.25, 0.3) is 0 Å². The summed E-state index contributed by atoms with van der Waals surface area (Å²) in [6, 6.07) is 18.2. The van der Waals surface area contributed by atoms with Crippen LogP contribution in [0.1, 0.15) is 31.9 Å². The molecule has 0 aliphatic carbocycles. The lowest BCUT2D eigenvalue weighted by atomic mass is 9.87. The van der Waals surface area contributed by atoms with Crippen LogP contribution in [0.3, 0.4) is 0 Å². The summed E-state index contributed by atoms with van der Waals surface area (Å²) in [6.45, 7) is 7.31. The summed E-state index contributed by atoms with van der Waals surface area (Å²) < 4.78 is 30.5. The van der Waals surface area contributed by atoms with Crippen molar-refractivity contribution >= 4 is 21.8 Å².